The zero-order valence-electron chi connectivity index (χ0n) is 9.40. The van der Waals surface area contributed by atoms with Crippen LogP contribution < -0.4 is 11.1 Å². The molecule has 0 aliphatic rings. The molecule has 0 aromatic carbocycles. The Morgan fingerprint density at radius 2 is 2.38 bits per heavy atom. The number of rotatable bonds is 6. The molecule has 1 rings (SSSR count). The third-order valence-electron chi connectivity index (χ3n) is 2.14. The zero-order valence-corrected chi connectivity index (χ0v) is 9.40. The summed E-state index contributed by atoms with van der Waals surface area (Å²) in [5.41, 5.74) is 5.85. The lowest BCUT2D eigenvalue weighted by Gasteiger charge is -2.08. The summed E-state index contributed by atoms with van der Waals surface area (Å²) in [6, 6.07) is 3.39. The van der Waals surface area contributed by atoms with Gasteiger partial charge in [-0.15, -0.1) is 0 Å². The van der Waals surface area contributed by atoms with Gasteiger partial charge in [-0.2, -0.15) is 0 Å². The van der Waals surface area contributed by atoms with E-state index in [9.17, 15) is 4.79 Å². The first-order valence-electron chi connectivity index (χ1n) is 5.27. The number of unbranched alkanes of at least 4 members (excludes halogenated alkanes) is 1. The number of pyridine rings is 1. The summed E-state index contributed by atoms with van der Waals surface area (Å²) >= 11 is 0. The highest BCUT2D eigenvalue weighted by molar-refractivity contribution is 5.94. The number of nitrogens with two attached hydrogens (primary N) is 1. The van der Waals surface area contributed by atoms with E-state index in [2.05, 4.69) is 15.0 Å². The van der Waals surface area contributed by atoms with Crippen LogP contribution in [-0.2, 0) is 4.74 Å². The SMILES string of the molecule is COC(=O)c1cccnc1NCCCCN. The number of nitrogens with zero attached hydrogens (tertiary/aromatic N) is 1. The normalized spacial score (nSPS) is 9.88. The molecular weight excluding hydrogens is 206 g/mol. The topological polar surface area (TPSA) is 77.2 Å². The van der Waals surface area contributed by atoms with Gasteiger partial charge in [0.05, 0.1) is 7.11 Å². The number of hydrogen-bond acceptors (Lipinski definition) is 5. The number of ether oxygens (including phenoxy) is 1. The van der Waals surface area contributed by atoms with Crippen LogP contribution >= 0.6 is 0 Å². The van der Waals surface area contributed by atoms with Gasteiger partial charge in [-0.25, -0.2) is 9.78 Å². The molecule has 5 nitrogen and oxygen atoms in total. The predicted octanol–water partition coefficient (Wildman–Crippen LogP) is 1.02. The number of carbonyl (C=O) groups excluding carboxylic acids is 1. The van der Waals surface area contributed by atoms with Gasteiger partial charge >= 0.3 is 5.97 Å². The lowest BCUT2D eigenvalue weighted by Crippen LogP contribution is -2.11. The van der Waals surface area contributed by atoms with E-state index < -0.39 is 0 Å². The van der Waals surface area contributed by atoms with Crippen LogP contribution in [0.2, 0.25) is 0 Å². The minimum Gasteiger partial charge on any atom is -0.465 e. The van der Waals surface area contributed by atoms with Crippen LogP contribution in [0.25, 0.3) is 0 Å². The summed E-state index contributed by atoms with van der Waals surface area (Å²) in [4.78, 5) is 15.5. The van der Waals surface area contributed by atoms with E-state index in [1.54, 1.807) is 18.3 Å². The molecule has 0 atom stereocenters. The Balaban J connectivity index is 2.60. The van der Waals surface area contributed by atoms with E-state index in [0.29, 0.717) is 17.9 Å². The fourth-order valence-electron chi connectivity index (χ4n) is 1.30. The van der Waals surface area contributed by atoms with Crippen LogP contribution in [0.3, 0.4) is 0 Å². The Hall–Kier alpha value is -1.62. The minimum absolute atomic E-state index is 0.380. The number of hydrogen-bond donors (Lipinski definition) is 2. The van der Waals surface area contributed by atoms with E-state index in [4.69, 9.17) is 5.73 Å². The molecule has 5 heteroatoms. The Bertz CT molecular complexity index is 342. The average Bonchev–Trinajstić information content (AvgIpc) is 2.34. The maximum absolute atomic E-state index is 11.4. The standard InChI is InChI=1S/C11H17N3O2/c1-16-11(15)9-5-4-8-14-10(9)13-7-3-2-6-12/h4-5,8H,2-3,6-7,12H2,1H3,(H,13,14). The highest BCUT2D eigenvalue weighted by Gasteiger charge is 2.11. The largest absolute Gasteiger partial charge is 0.465 e. The quantitative estimate of drug-likeness (QED) is 0.556. The van der Waals surface area contributed by atoms with Crippen molar-refractivity contribution in [2.24, 2.45) is 5.73 Å². The summed E-state index contributed by atoms with van der Waals surface area (Å²) in [5, 5.41) is 3.10. The third-order valence-corrected chi connectivity index (χ3v) is 2.14. The molecular formula is C11H17N3O2. The fourth-order valence-corrected chi connectivity index (χ4v) is 1.30. The van der Waals surface area contributed by atoms with Crippen molar-refractivity contribution >= 4 is 11.8 Å². The highest BCUT2D eigenvalue weighted by atomic mass is 16.5. The van der Waals surface area contributed by atoms with E-state index in [0.717, 1.165) is 19.4 Å². The smallest absolute Gasteiger partial charge is 0.341 e. The van der Waals surface area contributed by atoms with E-state index in [1.807, 2.05) is 0 Å². The minimum atomic E-state index is -0.380. The van der Waals surface area contributed by atoms with Crippen molar-refractivity contribution in [3.63, 3.8) is 0 Å². The van der Waals surface area contributed by atoms with Crippen LogP contribution in [0, 0.1) is 0 Å². The Morgan fingerprint density at radius 3 is 3.06 bits per heavy atom. The summed E-state index contributed by atoms with van der Waals surface area (Å²) in [6.45, 7) is 1.42. The molecule has 0 amide bonds. The summed E-state index contributed by atoms with van der Waals surface area (Å²) < 4.78 is 4.67. The second-order valence-corrected chi connectivity index (χ2v) is 3.31. The molecule has 0 fully saturated rings. The van der Waals surface area contributed by atoms with Crippen LogP contribution in [-0.4, -0.2) is 31.2 Å². The molecule has 1 aromatic rings. The van der Waals surface area contributed by atoms with Crippen LogP contribution in [0.15, 0.2) is 18.3 Å². The first kappa shape index (κ1) is 12.4. The van der Waals surface area contributed by atoms with E-state index >= 15 is 0 Å². The number of anilines is 1. The van der Waals surface area contributed by atoms with Crippen molar-refractivity contribution < 1.29 is 9.53 Å². The first-order chi connectivity index (χ1) is 7.79. The molecule has 0 saturated heterocycles. The number of aromatic nitrogens is 1. The number of nitrogens with one attached hydrogen (secondary N) is 1. The second kappa shape index (κ2) is 6.79. The highest BCUT2D eigenvalue weighted by Crippen LogP contribution is 2.12. The number of carbonyl (C=O) groups is 1. The van der Waals surface area contributed by atoms with Gasteiger partial charge in [0.1, 0.15) is 11.4 Å². The number of esters is 1. The first-order valence-corrected chi connectivity index (χ1v) is 5.27. The molecule has 0 spiro atoms. The maximum Gasteiger partial charge on any atom is 0.341 e. The second-order valence-electron chi connectivity index (χ2n) is 3.31. The lowest BCUT2D eigenvalue weighted by atomic mass is 10.2. The van der Waals surface area contributed by atoms with Gasteiger partial charge in [0.2, 0.25) is 0 Å². The molecule has 88 valence electrons. The zero-order chi connectivity index (χ0) is 11.8. The molecule has 0 aliphatic heterocycles. The van der Waals surface area contributed by atoms with Crippen LogP contribution in [0.4, 0.5) is 5.82 Å². The monoisotopic (exact) mass is 223 g/mol. The van der Waals surface area contributed by atoms with Crippen LogP contribution in [0.5, 0.6) is 0 Å². The van der Waals surface area contributed by atoms with Gasteiger partial charge in [0.15, 0.2) is 0 Å². The summed E-state index contributed by atoms with van der Waals surface area (Å²) in [7, 11) is 1.35. The van der Waals surface area contributed by atoms with E-state index in [1.165, 1.54) is 7.11 Å². The van der Waals surface area contributed by atoms with Gasteiger partial charge < -0.3 is 15.8 Å². The van der Waals surface area contributed by atoms with E-state index in [-0.39, 0.29) is 5.97 Å². The van der Waals surface area contributed by atoms with Gasteiger partial charge in [-0.3, -0.25) is 0 Å². The van der Waals surface area contributed by atoms with Crippen LogP contribution in [0.1, 0.15) is 23.2 Å². The molecule has 0 aliphatic carbocycles. The van der Waals surface area contributed by atoms with Gasteiger partial charge in [-0.05, 0) is 31.5 Å². The lowest BCUT2D eigenvalue weighted by molar-refractivity contribution is 0.0601. The van der Waals surface area contributed by atoms with Crippen molar-refractivity contribution in [3.8, 4) is 0 Å². The Kier molecular flexibility index (Phi) is 5.28. The Morgan fingerprint density at radius 1 is 1.56 bits per heavy atom. The molecule has 16 heavy (non-hydrogen) atoms. The van der Waals surface area contributed by atoms with Gasteiger partial charge in [0, 0.05) is 12.7 Å². The molecule has 0 radical (unpaired) electrons. The molecule has 1 heterocycles. The van der Waals surface area contributed by atoms with Crippen molar-refractivity contribution in [2.45, 2.75) is 12.8 Å². The van der Waals surface area contributed by atoms with Gasteiger partial charge in [-0.1, -0.05) is 0 Å². The molecule has 0 saturated carbocycles. The molecule has 1 aromatic heterocycles. The van der Waals surface area contributed by atoms with Gasteiger partial charge in [0.25, 0.3) is 0 Å². The third kappa shape index (κ3) is 3.51. The summed E-state index contributed by atoms with van der Waals surface area (Å²) in [5.74, 6) is 0.181. The molecule has 3 N–H and O–H groups in total. The maximum atomic E-state index is 11.4. The van der Waals surface area contributed by atoms with Crippen molar-refractivity contribution in [2.75, 3.05) is 25.5 Å². The molecule has 0 bridgehead atoms. The number of methoxy groups -OCH3 is 1. The average molecular weight is 223 g/mol. The van der Waals surface area contributed by atoms with Crippen molar-refractivity contribution in [1.29, 1.82) is 0 Å². The Labute approximate surface area is 95.0 Å². The predicted molar refractivity (Wildman–Crippen MR) is 62.4 cm³/mol. The summed E-state index contributed by atoms with van der Waals surface area (Å²) in [6.07, 6.45) is 3.54. The molecule has 0 unspecified atom stereocenters. The van der Waals surface area contributed by atoms with Crippen molar-refractivity contribution in [3.05, 3.63) is 23.9 Å². The van der Waals surface area contributed by atoms with Crippen molar-refractivity contribution in [1.82, 2.24) is 4.98 Å². The fraction of sp³-hybridized carbons (Fsp3) is 0.455.